The minimum atomic E-state index is -0.501. The molecule has 1 aliphatic carbocycles. The lowest BCUT2D eigenvalue weighted by molar-refractivity contribution is 0.149. The van der Waals surface area contributed by atoms with Gasteiger partial charge >= 0.3 is 0 Å². The van der Waals surface area contributed by atoms with Gasteiger partial charge in [-0.15, -0.1) is 0 Å². The highest BCUT2D eigenvalue weighted by Gasteiger charge is 2.36. The van der Waals surface area contributed by atoms with E-state index in [4.69, 9.17) is 4.74 Å². The van der Waals surface area contributed by atoms with Crippen molar-refractivity contribution in [2.75, 3.05) is 19.8 Å². The number of halogens is 2. The fourth-order valence-electron chi connectivity index (χ4n) is 2.79. The zero-order valence-electron chi connectivity index (χ0n) is 10.9. The van der Waals surface area contributed by atoms with Crippen LogP contribution in [-0.2, 0) is 11.2 Å². The molecule has 3 rings (SSSR count). The van der Waals surface area contributed by atoms with E-state index in [0.717, 1.165) is 31.2 Å². The number of ether oxygens (including phenoxy) is 1. The molecule has 1 saturated carbocycles. The van der Waals surface area contributed by atoms with Crippen LogP contribution in [0.3, 0.4) is 0 Å². The van der Waals surface area contributed by atoms with E-state index >= 15 is 0 Å². The van der Waals surface area contributed by atoms with Crippen molar-refractivity contribution in [3.8, 4) is 0 Å². The lowest BCUT2D eigenvalue weighted by Crippen LogP contribution is -2.37. The van der Waals surface area contributed by atoms with Gasteiger partial charge in [0, 0.05) is 30.7 Å². The molecule has 1 aromatic carbocycles. The van der Waals surface area contributed by atoms with Crippen LogP contribution in [0.2, 0.25) is 0 Å². The maximum absolute atomic E-state index is 13.3. The first kappa shape index (κ1) is 13.0. The highest BCUT2D eigenvalue weighted by Crippen LogP contribution is 2.33. The molecule has 2 nitrogen and oxygen atoms in total. The van der Waals surface area contributed by atoms with Gasteiger partial charge in [-0.1, -0.05) is 0 Å². The Morgan fingerprint density at radius 2 is 1.95 bits per heavy atom. The molecule has 1 atom stereocenters. The van der Waals surface area contributed by atoms with E-state index in [1.807, 2.05) is 0 Å². The molecular weight excluding hydrogens is 248 g/mol. The molecule has 2 aliphatic rings. The van der Waals surface area contributed by atoms with Gasteiger partial charge in [0.15, 0.2) is 0 Å². The normalized spacial score (nSPS) is 26.8. The SMILES string of the molecule is Fc1cc(F)cc(CC2(CNC3CC3)CCOC2)c1. The minimum Gasteiger partial charge on any atom is -0.381 e. The first-order valence-corrected chi connectivity index (χ1v) is 6.91. The average molecular weight is 267 g/mol. The van der Waals surface area contributed by atoms with Crippen LogP contribution >= 0.6 is 0 Å². The molecule has 1 unspecified atom stereocenters. The summed E-state index contributed by atoms with van der Waals surface area (Å²) in [6.07, 6.45) is 4.10. The van der Waals surface area contributed by atoms with Crippen molar-refractivity contribution in [3.63, 3.8) is 0 Å². The second-order valence-corrected chi connectivity index (χ2v) is 5.91. The predicted octanol–water partition coefficient (Wildman–Crippen LogP) is 2.67. The van der Waals surface area contributed by atoms with E-state index in [0.29, 0.717) is 19.1 Å². The molecule has 19 heavy (non-hydrogen) atoms. The van der Waals surface area contributed by atoms with Gasteiger partial charge in [0.1, 0.15) is 11.6 Å². The number of hydrogen-bond donors (Lipinski definition) is 1. The average Bonchev–Trinajstić information content (AvgIpc) is 3.06. The van der Waals surface area contributed by atoms with Crippen LogP contribution in [0.4, 0.5) is 8.78 Å². The Morgan fingerprint density at radius 3 is 2.53 bits per heavy atom. The van der Waals surface area contributed by atoms with Crippen molar-refractivity contribution in [2.24, 2.45) is 5.41 Å². The molecular formula is C15H19F2NO. The van der Waals surface area contributed by atoms with Crippen LogP contribution in [0.1, 0.15) is 24.8 Å². The maximum Gasteiger partial charge on any atom is 0.126 e. The molecule has 1 aliphatic heterocycles. The van der Waals surface area contributed by atoms with Crippen LogP contribution < -0.4 is 5.32 Å². The lowest BCUT2D eigenvalue weighted by atomic mass is 9.80. The Kier molecular flexibility index (Phi) is 3.54. The summed E-state index contributed by atoms with van der Waals surface area (Å²) in [6.45, 7) is 2.28. The summed E-state index contributed by atoms with van der Waals surface area (Å²) >= 11 is 0. The Bertz CT molecular complexity index is 433. The van der Waals surface area contributed by atoms with Crippen molar-refractivity contribution >= 4 is 0 Å². The number of benzene rings is 1. The monoisotopic (exact) mass is 267 g/mol. The van der Waals surface area contributed by atoms with Crippen LogP contribution in [-0.4, -0.2) is 25.8 Å². The van der Waals surface area contributed by atoms with Gasteiger partial charge < -0.3 is 10.1 Å². The third kappa shape index (κ3) is 3.31. The van der Waals surface area contributed by atoms with Crippen molar-refractivity contribution in [1.29, 1.82) is 0 Å². The molecule has 1 N–H and O–H groups in total. The highest BCUT2D eigenvalue weighted by atomic mass is 19.1. The van der Waals surface area contributed by atoms with Gasteiger partial charge in [-0.25, -0.2) is 8.78 Å². The van der Waals surface area contributed by atoms with E-state index in [1.165, 1.54) is 25.0 Å². The zero-order chi connectivity index (χ0) is 13.3. The largest absolute Gasteiger partial charge is 0.381 e. The van der Waals surface area contributed by atoms with Gasteiger partial charge in [0.2, 0.25) is 0 Å². The van der Waals surface area contributed by atoms with E-state index in [2.05, 4.69) is 5.32 Å². The van der Waals surface area contributed by atoms with Gasteiger partial charge in [-0.05, 0) is 43.4 Å². The fraction of sp³-hybridized carbons (Fsp3) is 0.600. The summed E-state index contributed by atoms with van der Waals surface area (Å²) in [5, 5.41) is 3.52. The highest BCUT2D eigenvalue weighted by molar-refractivity contribution is 5.20. The minimum absolute atomic E-state index is 0.0111. The third-order valence-corrected chi connectivity index (χ3v) is 4.03. The van der Waals surface area contributed by atoms with E-state index in [-0.39, 0.29) is 5.41 Å². The summed E-state index contributed by atoms with van der Waals surface area (Å²) in [5.41, 5.74) is 0.712. The number of rotatable bonds is 5. The smallest absolute Gasteiger partial charge is 0.126 e. The quantitative estimate of drug-likeness (QED) is 0.885. The second kappa shape index (κ2) is 5.17. The van der Waals surface area contributed by atoms with Crippen molar-refractivity contribution < 1.29 is 13.5 Å². The molecule has 0 radical (unpaired) electrons. The first-order valence-electron chi connectivity index (χ1n) is 6.91. The molecule has 1 aromatic rings. The van der Waals surface area contributed by atoms with E-state index in [9.17, 15) is 8.78 Å². The molecule has 0 amide bonds. The van der Waals surface area contributed by atoms with Crippen LogP contribution in [0.5, 0.6) is 0 Å². The molecule has 0 bridgehead atoms. The molecule has 2 fully saturated rings. The molecule has 1 saturated heterocycles. The van der Waals surface area contributed by atoms with Gasteiger partial charge in [-0.3, -0.25) is 0 Å². The van der Waals surface area contributed by atoms with Crippen LogP contribution in [0.15, 0.2) is 18.2 Å². The van der Waals surface area contributed by atoms with E-state index < -0.39 is 11.6 Å². The van der Waals surface area contributed by atoms with Gasteiger partial charge in [0.25, 0.3) is 0 Å². The number of nitrogens with one attached hydrogen (secondary N) is 1. The fourth-order valence-corrected chi connectivity index (χ4v) is 2.79. The topological polar surface area (TPSA) is 21.3 Å². The van der Waals surface area contributed by atoms with Gasteiger partial charge in [-0.2, -0.15) is 0 Å². The summed E-state index contributed by atoms with van der Waals surface area (Å²) in [5.74, 6) is -1.00. The first-order chi connectivity index (χ1) is 9.15. The van der Waals surface area contributed by atoms with Crippen molar-refractivity contribution in [2.45, 2.75) is 31.7 Å². The second-order valence-electron chi connectivity index (χ2n) is 5.91. The maximum atomic E-state index is 13.3. The number of hydrogen-bond acceptors (Lipinski definition) is 2. The summed E-state index contributed by atoms with van der Waals surface area (Å²) in [4.78, 5) is 0. The lowest BCUT2D eigenvalue weighted by Gasteiger charge is -2.28. The third-order valence-electron chi connectivity index (χ3n) is 4.03. The van der Waals surface area contributed by atoms with Crippen LogP contribution in [0.25, 0.3) is 0 Å². The summed E-state index contributed by atoms with van der Waals surface area (Å²) < 4.78 is 32.0. The summed E-state index contributed by atoms with van der Waals surface area (Å²) in [7, 11) is 0. The Labute approximate surface area is 112 Å². The summed E-state index contributed by atoms with van der Waals surface area (Å²) in [6, 6.07) is 4.42. The molecule has 0 aromatic heterocycles. The molecule has 4 heteroatoms. The standard InChI is InChI=1S/C15H19F2NO/c16-12-5-11(6-13(17)7-12)8-15(3-4-19-10-15)9-18-14-1-2-14/h5-7,14,18H,1-4,8-10H2. The van der Waals surface area contributed by atoms with Crippen molar-refractivity contribution in [3.05, 3.63) is 35.4 Å². The predicted molar refractivity (Wildman–Crippen MR) is 69.0 cm³/mol. The molecule has 0 spiro atoms. The molecule has 1 heterocycles. The van der Waals surface area contributed by atoms with E-state index in [1.54, 1.807) is 0 Å². The molecule has 104 valence electrons. The Balaban J connectivity index is 1.72. The van der Waals surface area contributed by atoms with Crippen LogP contribution in [0, 0.1) is 17.0 Å². The Morgan fingerprint density at radius 1 is 1.21 bits per heavy atom. The van der Waals surface area contributed by atoms with Crippen molar-refractivity contribution in [1.82, 2.24) is 5.32 Å². The zero-order valence-corrected chi connectivity index (χ0v) is 10.9. The Hall–Kier alpha value is -1.00. The van der Waals surface area contributed by atoms with Gasteiger partial charge in [0.05, 0.1) is 6.61 Å².